The molecule has 4 nitrogen and oxygen atoms in total. The van der Waals surface area contributed by atoms with Crippen LogP contribution in [-0.4, -0.2) is 33.9 Å². The first-order chi connectivity index (χ1) is 10.2. The quantitative estimate of drug-likeness (QED) is 0.936. The molecule has 0 atom stereocenters. The van der Waals surface area contributed by atoms with E-state index in [-0.39, 0.29) is 5.91 Å². The van der Waals surface area contributed by atoms with E-state index >= 15 is 0 Å². The summed E-state index contributed by atoms with van der Waals surface area (Å²) in [6, 6.07) is 6.07. The van der Waals surface area contributed by atoms with Crippen LogP contribution in [0.4, 0.5) is 0 Å². The summed E-state index contributed by atoms with van der Waals surface area (Å²) >= 11 is 0. The third-order valence-corrected chi connectivity index (χ3v) is 4.93. The van der Waals surface area contributed by atoms with Crippen LogP contribution in [0.3, 0.4) is 0 Å². The summed E-state index contributed by atoms with van der Waals surface area (Å²) in [4.78, 5) is 21.8. The molecule has 1 aromatic carbocycles. The van der Waals surface area contributed by atoms with Gasteiger partial charge in [0.05, 0.1) is 17.4 Å². The molecule has 1 fully saturated rings. The standard InChI is InChI=1S/C17H23N3O/c1-3-12-4-7-14(8-5-12)20(2)17(21)13-6-9-15-16(10-13)19-11-18-15/h6,9-12,14H,3-5,7-8H2,1-2H3,(H,18,19). The van der Waals surface area contributed by atoms with Crippen LogP contribution in [-0.2, 0) is 0 Å². The maximum absolute atomic E-state index is 12.7. The Morgan fingerprint density at radius 1 is 1.33 bits per heavy atom. The van der Waals surface area contributed by atoms with E-state index in [1.165, 1.54) is 19.3 Å². The number of H-pyrrole nitrogens is 1. The van der Waals surface area contributed by atoms with Crippen LogP contribution in [0.1, 0.15) is 49.4 Å². The topological polar surface area (TPSA) is 49.0 Å². The van der Waals surface area contributed by atoms with Crippen LogP contribution in [0, 0.1) is 5.92 Å². The van der Waals surface area contributed by atoms with Crippen LogP contribution in [0.15, 0.2) is 24.5 Å². The molecule has 21 heavy (non-hydrogen) atoms. The molecule has 0 bridgehead atoms. The Balaban J connectivity index is 1.72. The highest BCUT2D eigenvalue weighted by molar-refractivity contribution is 5.97. The van der Waals surface area contributed by atoms with E-state index in [9.17, 15) is 4.79 Å². The van der Waals surface area contributed by atoms with Crippen LogP contribution < -0.4 is 0 Å². The van der Waals surface area contributed by atoms with Crippen molar-refractivity contribution in [1.29, 1.82) is 0 Å². The first-order valence-electron chi connectivity index (χ1n) is 7.89. The smallest absolute Gasteiger partial charge is 0.253 e. The fourth-order valence-electron chi connectivity index (χ4n) is 3.38. The van der Waals surface area contributed by atoms with Gasteiger partial charge in [0.2, 0.25) is 0 Å². The molecular weight excluding hydrogens is 262 g/mol. The number of aromatic nitrogens is 2. The SMILES string of the molecule is CCC1CCC(N(C)C(=O)c2ccc3nc[nH]c3c2)CC1. The predicted molar refractivity (Wildman–Crippen MR) is 84.2 cm³/mol. The number of carbonyl (C=O) groups is 1. The van der Waals surface area contributed by atoms with Crippen molar-refractivity contribution in [3.8, 4) is 0 Å². The van der Waals surface area contributed by atoms with Gasteiger partial charge >= 0.3 is 0 Å². The number of aromatic amines is 1. The van der Waals surface area contributed by atoms with E-state index in [0.29, 0.717) is 6.04 Å². The highest BCUT2D eigenvalue weighted by Gasteiger charge is 2.26. The number of hydrogen-bond acceptors (Lipinski definition) is 2. The molecule has 0 saturated heterocycles. The van der Waals surface area contributed by atoms with Gasteiger partial charge in [0, 0.05) is 18.7 Å². The monoisotopic (exact) mass is 285 g/mol. The van der Waals surface area contributed by atoms with Crippen LogP contribution in [0.5, 0.6) is 0 Å². The van der Waals surface area contributed by atoms with Gasteiger partial charge < -0.3 is 9.88 Å². The highest BCUT2D eigenvalue weighted by Crippen LogP contribution is 2.29. The molecule has 1 aromatic heterocycles. The van der Waals surface area contributed by atoms with Gasteiger partial charge in [-0.15, -0.1) is 0 Å². The Morgan fingerprint density at radius 2 is 2.10 bits per heavy atom. The summed E-state index contributed by atoms with van der Waals surface area (Å²) in [6.45, 7) is 2.26. The second-order valence-electron chi connectivity index (χ2n) is 6.13. The van der Waals surface area contributed by atoms with Crippen LogP contribution in [0.2, 0.25) is 0 Å². The second kappa shape index (κ2) is 5.88. The molecule has 4 heteroatoms. The lowest BCUT2D eigenvalue weighted by molar-refractivity contribution is 0.0675. The number of benzene rings is 1. The molecule has 1 N–H and O–H groups in total. The van der Waals surface area contributed by atoms with Gasteiger partial charge in [-0.05, 0) is 49.8 Å². The Morgan fingerprint density at radius 3 is 2.81 bits per heavy atom. The third kappa shape index (κ3) is 2.80. The van der Waals surface area contributed by atoms with Gasteiger partial charge in [0.25, 0.3) is 5.91 Å². The summed E-state index contributed by atoms with van der Waals surface area (Å²) in [5.74, 6) is 0.970. The van der Waals surface area contributed by atoms with E-state index < -0.39 is 0 Å². The van der Waals surface area contributed by atoms with E-state index in [2.05, 4.69) is 16.9 Å². The van der Waals surface area contributed by atoms with E-state index in [1.54, 1.807) is 6.33 Å². The molecule has 1 saturated carbocycles. The Bertz CT molecular complexity index is 626. The lowest BCUT2D eigenvalue weighted by atomic mass is 9.84. The molecular formula is C17H23N3O. The largest absolute Gasteiger partial charge is 0.345 e. The third-order valence-electron chi connectivity index (χ3n) is 4.93. The van der Waals surface area contributed by atoms with Gasteiger partial charge in [-0.1, -0.05) is 13.3 Å². The van der Waals surface area contributed by atoms with E-state index in [0.717, 1.165) is 35.4 Å². The fraction of sp³-hybridized carbons (Fsp3) is 0.529. The van der Waals surface area contributed by atoms with Crippen LogP contribution in [0.25, 0.3) is 11.0 Å². The first-order valence-corrected chi connectivity index (χ1v) is 7.89. The average Bonchev–Trinajstić information content (AvgIpc) is 3.01. The van der Waals surface area contributed by atoms with E-state index in [1.807, 2.05) is 30.1 Å². The normalized spacial score (nSPS) is 22.4. The summed E-state index contributed by atoms with van der Waals surface area (Å²) in [7, 11) is 1.94. The van der Waals surface area contributed by atoms with Gasteiger partial charge in [0.1, 0.15) is 0 Å². The van der Waals surface area contributed by atoms with Gasteiger partial charge in [-0.2, -0.15) is 0 Å². The zero-order valence-electron chi connectivity index (χ0n) is 12.8. The minimum Gasteiger partial charge on any atom is -0.345 e. The molecule has 0 aliphatic heterocycles. The molecule has 0 radical (unpaired) electrons. The minimum absolute atomic E-state index is 0.117. The van der Waals surface area contributed by atoms with Crippen molar-refractivity contribution in [3.05, 3.63) is 30.1 Å². The molecule has 2 aromatic rings. The maximum Gasteiger partial charge on any atom is 0.253 e. The minimum atomic E-state index is 0.117. The summed E-state index contributed by atoms with van der Waals surface area (Å²) in [6.07, 6.45) is 7.69. The van der Waals surface area contributed by atoms with Crippen molar-refractivity contribution >= 4 is 16.9 Å². The summed E-state index contributed by atoms with van der Waals surface area (Å²) in [5.41, 5.74) is 2.56. The zero-order chi connectivity index (χ0) is 14.8. The second-order valence-corrected chi connectivity index (χ2v) is 6.13. The van der Waals surface area contributed by atoms with Crippen molar-refractivity contribution in [2.45, 2.75) is 45.1 Å². The number of fused-ring (bicyclic) bond motifs is 1. The lowest BCUT2D eigenvalue weighted by Gasteiger charge is -2.34. The Kier molecular flexibility index (Phi) is 3.95. The number of carbonyl (C=O) groups excluding carboxylic acids is 1. The predicted octanol–water partition coefficient (Wildman–Crippen LogP) is 3.60. The first kappa shape index (κ1) is 14.1. The molecule has 1 aliphatic carbocycles. The van der Waals surface area contributed by atoms with Crippen molar-refractivity contribution in [2.24, 2.45) is 5.92 Å². The number of hydrogen-bond donors (Lipinski definition) is 1. The Labute approximate surface area is 125 Å². The summed E-state index contributed by atoms with van der Waals surface area (Å²) < 4.78 is 0. The fourth-order valence-corrected chi connectivity index (χ4v) is 3.38. The molecule has 1 heterocycles. The lowest BCUT2D eigenvalue weighted by Crippen LogP contribution is -2.39. The number of rotatable bonds is 3. The number of nitrogens with one attached hydrogen (secondary N) is 1. The molecule has 3 rings (SSSR count). The number of imidazole rings is 1. The number of amides is 1. The highest BCUT2D eigenvalue weighted by atomic mass is 16.2. The summed E-state index contributed by atoms with van der Waals surface area (Å²) in [5, 5.41) is 0. The number of nitrogens with zero attached hydrogens (tertiary/aromatic N) is 2. The van der Waals surface area contributed by atoms with Crippen molar-refractivity contribution in [2.75, 3.05) is 7.05 Å². The molecule has 112 valence electrons. The van der Waals surface area contributed by atoms with Crippen molar-refractivity contribution in [1.82, 2.24) is 14.9 Å². The molecule has 0 spiro atoms. The molecule has 1 amide bonds. The average molecular weight is 285 g/mol. The molecule has 0 unspecified atom stereocenters. The van der Waals surface area contributed by atoms with Gasteiger partial charge in [-0.25, -0.2) is 4.98 Å². The Hall–Kier alpha value is -1.84. The van der Waals surface area contributed by atoms with Crippen LogP contribution >= 0.6 is 0 Å². The zero-order valence-corrected chi connectivity index (χ0v) is 12.8. The van der Waals surface area contributed by atoms with Crippen molar-refractivity contribution in [3.63, 3.8) is 0 Å². The van der Waals surface area contributed by atoms with Gasteiger partial charge in [-0.3, -0.25) is 4.79 Å². The van der Waals surface area contributed by atoms with E-state index in [4.69, 9.17) is 0 Å². The maximum atomic E-state index is 12.7. The van der Waals surface area contributed by atoms with Gasteiger partial charge in [0.15, 0.2) is 0 Å². The van der Waals surface area contributed by atoms with Crippen molar-refractivity contribution < 1.29 is 4.79 Å². The molecule has 1 aliphatic rings.